The number of likely N-dealkylation sites (N-methyl/N-ethyl adjacent to an activating group) is 1. The molecule has 0 aliphatic heterocycles. The molecule has 0 bridgehead atoms. The number of benzene rings is 1. The molecule has 0 aliphatic rings. The molecule has 0 saturated carbocycles. The van der Waals surface area contributed by atoms with Gasteiger partial charge in [0.1, 0.15) is 6.54 Å². The van der Waals surface area contributed by atoms with Gasteiger partial charge in [-0.2, -0.15) is 0 Å². The van der Waals surface area contributed by atoms with E-state index in [0.717, 1.165) is 21.3 Å². The van der Waals surface area contributed by atoms with E-state index in [1.54, 1.807) is 42.2 Å². The number of nitrogens with zero attached hydrogens (tertiary/aromatic N) is 2. The Morgan fingerprint density at radius 1 is 1.30 bits per heavy atom. The number of thioether (sulfide) groups is 1. The maximum absolute atomic E-state index is 12.3. The highest BCUT2D eigenvalue weighted by molar-refractivity contribution is 7.98. The first-order chi connectivity index (χ1) is 11.0. The Balaban J connectivity index is 1.97. The first-order valence-corrected chi connectivity index (χ1v) is 9.01. The van der Waals surface area contributed by atoms with E-state index in [1.807, 2.05) is 24.4 Å². The third kappa shape index (κ3) is 5.07. The molecule has 0 atom stereocenters. The number of carbonyl (C=O) groups excluding carboxylic acids is 1. The summed E-state index contributed by atoms with van der Waals surface area (Å²) in [7, 11) is 0. The summed E-state index contributed by atoms with van der Waals surface area (Å²) in [4.78, 5) is 29.8. The fraction of sp³-hybridized carbons (Fsp3) is 0.312. The number of hydrogen-bond acceptors (Lipinski definition) is 5. The number of hydrogen-bond donors (Lipinski definition) is 1. The Morgan fingerprint density at radius 3 is 2.52 bits per heavy atom. The monoisotopic (exact) mass is 350 g/mol. The molecule has 23 heavy (non-hydrogen) atoms. The Kier molecular flexibility index (Phi) is 6.18. The highest BCUT2D eigenvalue weighted by Crippen LogP contribution is 2.24. The first-order valence-electron chi connectivity index (χ1n) is 7.14. The molecular weight excluding hydrogens is 332 g/mol. The zero-order valence-corrected chi connectivity index (χ0v) is 14.6. The number of aryl methyl sites for hydroxylation is 1. The number of carboxylic acids is 1. The van der Waals surface area contributed by atoms with Crippen LogP contribution in [0.4, 0.5) is 0 Å². The molecule has 0 fully saturated rings. The van der Waals surface area contributed by atoms with E-state index in [-0.39, 0.29) is 12.5 Å². The predicted octanol–water partition coefficient (Wildman–Crippen LogP) is 3.29. The average Bonchev–Trinajstić information content (AvgIpc) is 2.96. The molecule has 7 heteroatoms. The molecule has 5 nitrogen and oxygen atoms in total. The number of aliphatic carboxylic acids is 1. The van der Waals surface area contributed by atoms with Crippen LogP contribution in [0.3, 0.4) is 0 Å². The fourth-order valence-corrected chi connectivity index (χ4v) is 3.51. The largest absolute Gasteiger partial charge is 0.480 e. The van der Waals surface area contributed by atoms with Crippen LogP contribution in [0.2, 0.25) is 0 Å². The lowest BCUT2D eigenvalue weighted by atomic mass is 10.2. The van der Waals surface area contributed by atoms with Crippen LogP contribution in [-0.4, -0.2) is 40.0 Å². The Labute approximate surface area is 143 Å². The fourth-order valence-electron chi connectivity index (χ4n) is 2.00. The van der Waals surface area contributed by atoms with Crippen LogP contribution >= 0.6 is 23.1 Å². The standard InChI is InChI=1S/C16H18N2O3S2/c1-3-18(8-15(19)20)16(21)12-4-6-14(7-5-12)23-10-13-9-22-11(2)17-13/h4-7,9H,3,8,10H2,1-2H3,(H,19,20). The van der Waals surface area contributed by atoms with Gasteiger partial charge in [-0.3, -0.25) is 9.59 Å². The summed E-state index contributed by atoms with van der Waals surface area (Å²) in [6.45, 7) is 3.83. The van der Waals surface area contributed by atoms with Crippen molar-refractivity contribution in [2.24, 2.45) is 0 Å². The van der Waals surface area contributed by atoms with Gasteiger partial charge in [0, 0.05) is 28.1 Å². The van der Waals surface area contributed by atoms with Crippen LogP contribution in [0.25, 0.3) is 0 Å². The highest BCUT2D eigenvalue weighted by Gasteiger charge is 2.16. The molecule has 1 aromatic heterocycles. The van der Waals surface area contributed by atoms with Crippen molar-refractivity contribution in [1.82, 2.24) is 9.88 Å². The van der Waals surface area contributed by atoms with Crippen molar-refractivity contribution in [1.29, 1.82) is 0 Å². The molecule has 0 unspecified atom stereocenters. The first kappa shape index (κ1) is 17.5. The highest BCUT2D eigenvalue weighted by atomic mass is 32.2. The van der Waals surface area contributed by atoms with Crippen molar-refractivity contribution in [2.75, 3.05) is 13.1 Å². The SMILES string of the molecule is CCN(CC(=O)O)C(=O)c1ccc(SCc2csc(C)n2)cc1. The smallest absolute Gasteiger partial charge is 0.323 e. The average molecular weight is 350 g/mol. The minimum atomic E-state index is -1.01. The molecule has 2 rings (SSSR count). The van der Waals surface area contributed by atoms with E-state index in [4.69, 9.17) is 5.11 Å². The third-order valence-electron chi connectivity index (χ3n) is 3.15. The van der Waals surface area contributed by atoms with E-state index in [2.05, 4.69) is 4.98 Å². The van der Waals surface area contributed by atoms with E-state index >= 15 is 0 Å². The van der Waals surface area contributed by atoms with Crippen molar-refractivity contribution >= 4 is 35.0 Å². The molecule has 2 aromatic rings. The summed E-state index contributed by atoms with van der Waals surface area (Å²) in [6, 6.07) is 7.24. The topological polar surface area (TPSA) is 70.5 Å². The predicted molar refractivity (Wildman–Crippen MR) is 92.1 cm³/mol. The zero-order chi connectivity index (χ0) is 16.8. The number of rotatable bonds is 7. The van der Waals surface area contributed by atoms with E-state index in [9.17, 15) is 9.59 Å². The van der Waals surface area contributed by atoms with Crippen molar-refractivity contribution in [3.63, 3.8) is 0 Å². The second-order valence-corrected chi connectivity index (χ2v) is 6.99. The number of aromatic nitrogens is 1. The summed E-state index contributed by atoms with van der Waals surface area (Å²) >= 11 is 3.29. The van der Waals surface area contributed by atoms with Gasteiger partial charge in [0.15, 0.2) is 0 Å². The maximum Gasteiger partial charge on any atom is 0.323 e. The van der Waals surface area contributed by atoms with Gasteiger partial charge >= 0.3 is 5.97 Å². The van der Waals surface area contributed by atoms with Crippen LogP contribution in [0.1, 0.15) is 28.0 Å². The Bertz CT molecular complexity index is 683. The van der Waals surface area contributed by atoms with Crippen LogP contribution in [-0.2, 0) is 10.5 Å². The van der Waals surface area contributed by atoms with Gasteiger partial charge in [0.05, 0.1) is 10.7 Å². The minimum Gasteiger partial charge on any atom is -0.480 e. The normalized spacial score (nSPS) is 10.5. The summed E-state index contributed by atoms with van der Waals surface area (Å²) in [5.74, 6) is -0.481. The second kappa shape index (κ2) is 8.12. The molecule has 1 heterocycles. The maximum atomic E-state index is 12.3. The van der Waals surface area contributed by atoms with Crippen LogP contribution in [0, 0.1) is 6.92 Å². The van der Waals surface area contributed by atoms with Gasteiger partial charge < -0.3 is 10.0 Å². The van der Waals surface area contributed by atoms with Crippen molar-refractivity contribution < 1.29 is 14.7 Å². The van der Waals surface area contributed by atoms with Gasteiger partial charge in [-0.1, -0.05) is 0 Å². The lowest BCUT2D eigenvalue weighted by Gasteiger charge is -2.18. The molecule has 0 aliphatic carbocycles. The molecule has 1 N–H and O–H groups in total. The van der Waals surface area contributed by atoms with E-state index in [0.29, 0.717) is 12.1 Å². The molecule has 1 aromatic carbocycles. The quantitative estimate of drug-likeness (QED) is 0.776. The van der Waals surface area contributed by atoms with Crippen LogP contribution in [0.15, 0.2) is 34.5 Å². The summed E-state index contributed by atoms with van der Waals surface area (Å²) < 4.78 is 0. The minimum absolute atomic E-state index is 0.262. The zero-order valence-electron chi connectivity index (χ0n) is 13.0. The molecule has 0 saturated heterocycles. The lowest BCUT2D eigenvalue weighted by molar-refractivity contribution is -0.137. The van der Waals surface area contributed by atoms with E-state index in [1.165, 1.54) is 4.90 Å². The molecule has 0 spiro atoms. The molecule has 1 amide bonds. The number of amides is 1. The number of carbonyl (C=O) groups is 2. The van der Waals surface area contributed by atoms with Crippen LogP contribution < -0.4 is 0 Å². The summed E-state index contributed by atoms with van der Waals surface area (Å²) in [5.41, 5.74) is 1.55. The Morgan fingerprint density at radius 2 is 2.00 bits per heavy atom. The third-order valence-corrected chi connectivity index (χ3v) is 5.02. The molecular formula is C16H18N2O3S2. The van der Waals surface area contributed by atoms with Gasteiger partial charge in [-0.05, 0) is 38.1 Å². The molecule has 122 valence electrons. The van der Waals surface area contributed by atoms with Crippen molar-refractivity contribution in [3.05, 3.63) is 45.9 Å². The van der Waals surface area contributed by atoms with Crippen molar-refractivity contribution in [3.8, 4) is 0 Å². The number of carboxylic acid groups (broad SMARTS) is 1. The van der Waals surface area contributed by atoms with E-state index < -0.39 is 5.97 Å². The lowest BCUT2D eigenvalue weighted by Crippen LogP contribution is -2.35. The Hall–Kier alpha value is -1.86. The van der Waals surface area contributed by atoms with Gasteiger partial charge in [0.25, 0.3) is 5.91 Å². The summed E-state index contributed by atoms with van der Waals surface area (Å²) in [6.07, 6.45) is 0. The van der Waals surface area contributed by atoms with Crippen molar-refractivity contribution in [2.45, 2.75) is 24.5 Å². The summed E-state index contributed by atoms with van der Waals surface area (Å²) in [5, 5.41) is 11.9. The van der Waals surface area contributed by atoms with Crippen LogP contribution in [0.5, 0.6) is 0 Å². The number of thiazole rings is 1. The second-order valence-electron chi connectivity index (χ2n) is 4.88. The van der Waals surface area contributed by atoms with Gasteiger partial charge in [-0.15, -0.1) is 23.1 Å². The molecule has 0 radical (unpaired) electrons. The van der Waals surface area contributed by atoms with Gasteiger partial charge in [0.2, 0.25) is 0 Å². The van der Waals surface area contributed by atoms with Gasteiger partial charge in [-0.25, -0.2) is 4.98 Å².